The highest BCUT2D eigenvalue weighted by Crippen LogP contribution is 2.21. The minimum atomic E-state index is -0.486. The van der Waals surface area contributed by atoms with E-state index in [1.807, 2.05) is 26.8 Å². The molecule has 0 aromatic carbocycles. The number of carbonyl (C=O) groups excluding carboxylic acids is 1. The fourth-order valence-electron chi connectivity index (χ4n) is 1.52. The number of ether oxygens (including phenoxy) is 1. The molecule has 0 amide bonds. The first-order valence-corrected chi connectivity index (χ1v) is 7.71. The van der Waals surface area contributed by atoms with E-state index in [0.29, 0.717) is 17.3 Å². The van der Waals surface area contributed by atoms with Crippen LogP contribution >= 0.6 is 11.8 Å². The first-order valence-electron chi connectivity index (χ1n) is 6.83. The third-order valence-electron chi connectivity index (χ3n) is 2.93. The lowest BCUT2D eigenvalue weighted by Crippen LogP contribution is -2.23. The molecule has 7 heteroatoms. The molecule has 114 valence electrons. The average Bonchev–Trinajstić information content (AvgIpc) is 2.46. The van der Waals surface area contributed by atoms with Crippen LogP contribution in [0.2, 0.25) is 0 Å². The molecular weight excluding hydrogens is 290 g/mol. The molecule has 0 aliphatic carbocycles. The second kappa shape index (κ2) is 7.84. The van der Waals surface area contributed by atoms with Gasteiger partial charge < -0.3 is 9.72 Å². The Hall–Kier alpha value is -1.81. The van der Waals surface area contributed by atoms with Crippen LogP contribution in [-0.4, -0.2) is 27.3 Å². The number of aromatic amines is 1. The molecule has 0 fully saturated rings. The van der Waals surface area contributed by atoms with E-state index in [4.69, 9.17) is 10.00 Å². The number of H-pyrrole nitrogens is 1. The van der Waals surface area contributed by atoms with Gasteiger partial charge in [0, 0.05) is 0 Å². The molecule has 2 atom stereocenters. The van der Waals surface area contributed by atoms with Gasteiger partial charge in [-0.2, -0.15) is 5.26 Å². The number of nitriles is 1. The molecule has 0 saturated heterocycles. The van der Waals surface area contributed by atoms with Gasteiger partial charge in [0.2, 0.25) is 0 Å². The minimum absolute atomic E-state index is 0.0247. The molecule has 0 spiro atoms. The molecule has 21 heavy (non-hydrogen) atoms. The van der Waals surface area contributed by atoms with Crippen LogP contribution in [0.3, 0.4) is 0 Å². The zero-order chi connectivity index (χ0) is 16.0. The van der Waals surface area contributed by atoms with Crippen molar-refractivity contribution in [3.05, 3.63) is 21.6 Å². The van der Waals surface area contributed by atoms with Gasteiger partial charge in [0.25, 0.3) is 5.56 Å². The summed E-state index contributed by atoms with van der Waals surface area (Å²) < 4.78 is 5.23. The van der Waals surface area contributed by atoms with Crippen LogP contribution in [0.15, 0.2) is 9.95 Å². The summed E-state index contributed by atoms with van der Waals surface area (Å²) in [6.45, 7) is 7.27. The number of nitrogens with zero attached hydrogens (tertiary/aromatic N) is 2. The standard InChI is InChI=1S/C14H19N3O3S/c1-5-8(3)20-13(19)9(4)21-14-16-11(6-2)10(7-15)12(18)17-14/h8-9H,5-6H2,1-4H3,(H,16,17,18)/t8-,9-/m0/s1. The number of thioether (sulfide) groups is 1. The second-order valence-corrected chi connectivity index (χ2v) is 5.90. The number of nitrogens with one attached hydrogen (secondary N) is 1. The maximum atomic E-state index is 11.9. The maximum Gasteiger partial charge on any atom is 0.319 e. The van der Waals surface area contributed by atoms with Crippen molar-refractivity contribution in [3.8, 4) is 6.07 Å². The fraction of sp³-hybridized carbons (Fsp3) is 0.571. The van der Waals surface area contributed by atoms with E-state index in [-0.39, 0.29) is 17.6 Å². The van der Waals surface area contributed by atoms with Gasteiger partial charge in [-0.1, -0.05) is 25.6 Å². The summed E-state index contributed by atoms with van der Waals surface area (Å²) in [6.07, 6.45) is 1.08. The smallest absolute Gasteiger partial charge is 0.319 e. The van der Waals surface area contributed by atoms with Crippen molar-refractivity contribution < 1.29 is 9.53 Å². The molecule has 0 aliphatic rings. The monoisotopic (exact) mass is 309 g/mol. The molecule has 1 rings (SSSR count). The van der Waals surface area contributed by atoms with Gasteiger partial charge >= 0.3 is 5.97 Å². The number of hydrogen-bond acceptors (Lipinski definition) is 6. The SMILES string of the molecule is CCc1nc(S[C@@H](C)C(=O)O[C@@H](C)CC)[nH]c(=O)c1C#N. The zero-order valence-corrected chi connectivity index (χ0v) is 13.4. The zero-order valence-electron chi connectivity index (χ0n) is 12.6. The normalized spacial score (nSPS) is 13.3. The summed E-state index contributed by atoms with van der Waals surface area (Å²) in [6, 6.07) is 1.84. The Labute approximate surface area is 127 Å². The van der Waals surface area contributed by atoms with Crippen molar-refractivity contribution >= 4 is 17.7 Å². The Bertz CT molecular complexity index is 606. The lowest BCUT2D eigenvalue weighted by molar-refractivity contribution is -0.147. The Morgan fingerprint density at radius 3 is 2.67 bits per heavy atom. The van der Waals surface area contributed by atoms with Crippen LogP contribution in [0.5, 0.6) is 0 Å². The molecule has 1 heterocycles. The average molecular weight is 309 g/mol. The predicted molar refractivity (Wildman–Crippen MR) is 80.1 cm³/mol. The lowest BCUT2D eigenvalue weighted by Gasteiger charge is -2.15. The van der Waals surface area contributed by atoms with Crippen LogP contribution < -0.4 is 5.56 Å². The number of carbonyl (C=O) groups is 1. The third-order valence-corrected chi connectivity index (χ3v) is 3.89. The third kappa shape index (κ3) is 4.60. The lowest BCUT2D eigenvalue weighted by atomic mass is 10.2. The number of hydrogen-bond donors (Lipinski definition) is 1. The molecule has 6 nitrogen and oxygen atoms in total. The summed E-state index contributed by atoms with van der Waals surface area (Å²) >= 11 is 1.12. The van der Waals surface area contributed by atoms with Crippen molar-refractivity contribution in [1.82, 2.24) is 9.97 Å². The molecule has 0 aliphatic heterocycles. The fourth-order valence-corrected chi connectivity index (χ4v) is 2.32. The van der Waals surface area contributed by atoms with Gasteiger partial charge in [-0.25, -0.2) is 4.98 Å². The largest absolute Gasteiger partial charge is 0.462 e. The predicted octanol–water partition coefficient (Wildman–Crippen LogP) is 2.03. The molecule has 1 aromatic rings. The van der Waals surface area contributed by atoms with Crippen LogP contribution in [0.4, 0.5) is 0 Å². The number of rotatable bonds is 6. The number of aryl methyl sites for hydroxylation is 1. The summed E-state index contributed by atoms with van der Waals surface area (Å²) in [7, 11) is 0. The molecule has 1 aromatic heterocycles. The minimum Gasteiger partial charge on any atom is -0.462 e. The molecule has 1 N–H and O–H groups in total. The van der Waals surface area contributed by atoms with Crippen molar-refractivity contribution in [1.29, 1.82) is 5.26 Å². The second-order valence-electron chi connectivity index (χ2n) is 4.57. The summed E-state index contributed by atoms with van der Waals surface area (Å²) in [5.74, 6) is -0.348. The van der Waals surface area contributed by atoms with E-state index < -0.39 is 10.8 Å². The van der Waals surface area contributed by atoms with E-state index in [9.17, 15) is 9.59 Å². The van der Waals surface area contributed by atoms with Gasteiger partial charge in [-0.15, -0.1) is 0 Å². The first-order chi connectivity index (χ1) is 9.92. The van der Waals surface area contributed by atoms with Gasteiger partial charge in [-0.3, -0.25) is 9.59 Å². The molecule has 0 saturated carbocycles. The van der Waals surface area contributed by atoms with Crippen LogP contribution in [0.1, 0.15) is 45.4 Å². The van der Waals surface area contributed by atoms with Crippen molar-refractivity contribution in [2.45, 2.75) is 57.0 Å². The Kier molecular flexibility index (Phi) is 6.43. The van der Waals surface area contributed by atoms with E-state index in [2.05, 4.69) is 9.97 Å². The number of esters is 1. The van der Waals surface area contributed by atoms with Crippen molar-refractivity contribution in [2.75, 3.05) is 0 Å². The first kappa shape index (κ1) is 17.2. The van der Waals surface area contributed by atoms with Crippen molar-refractivity contribution in [3.63, 3.8) is 0 Å². The Morgan fingerprint density at radius 1 is 1.48 bits per heavy atom. The summed E-state index contributed by atoms with van der Waals surface area (Å²) in [5.41, 5.74) is -0.0164. The van der Waals surface area contributed by atoms with Gasteiger partial charge in [0.05, 0.1) is 11.8 Å². The summed E-state index contributed by atoms with van der Waals surface area (Å²) in [5, 5.41) is 8.76. The topological polar surface area (TPSA) is 95.8 Å². The van der Waals surface area contributed by atoms with Gasteiger partial charge in [0.15, 0.2) is 5.16 Å². The van der Waals surface area contributed by atoms with Gasteiger partial charge in [0.1, 0.15) is 16.9 Å². The quantitative estimate of drug-likeness (QED) is 0.490. The summed E-state index contributed by atoms with van der Waals surface area (Å²) in [4.78, 5) is 30.4. The van der Waals surface area contributed by atoms with Crippen LogP contribution in [0, 0.1) is 11.3 Å². The highest BCUT2D eigenvalue weighted by Gasteiger charge is 2.20. The Balaban J connectivity index is 2.89. The van der Waals surface area contributed by atoms with E-state index >= 15 is 0 Å². The van der Waals surface area contributed by atoms with Crippen LogP contribution in [0.25, 0.3) is 0 Å². The molecular formula is C14H19N3O3S. The molecule has 0 unspecified atom stereocenters. The maximum absolute atomic E-state index is 11.9. The Morgan fingerprint density at radius 2 is 2.14 bits per heavy atom. The highest BCUT2D eigenvalue weighted by atomic mass is 32.2. The van der Waals surface area contributed by atoms with Crippen molar-refractivity contribution in [2.24, 2.45) is 0 Å². The van der Waals surface area contributed by atoms with Crippen LogP contribution in [-0.2, 0) is 16.0 Å². The van der Waals surface area contributed by atoms with E-state index in [1.165, 1.54) is 0 Å². The van der Waals surface area contributed by atoms with E-state index in [1.54, 1.807) is 6.92 Å². The van der Waals surface area contributed by atoms with Gasteiger partial charge in [-0.05, 0) is 26.7 Å². The molecule has 0 radical (unpaired) electrons. The number of aromatic nitrogens is 2. The highest BCUT2D eigenvalue weighted by molar-refractivity contribution is 8.00. The van der Waals surface area contributed by atoms with E-state index in [0.717, 1.165) is 18.2 Å². The molecule has 0 bridgehead atoms.